The molecule has 1 atom stereocenters. The van der Waals surface area contributed by atoms with Crippen LogP contribution in [0.2, 0.25) is 0 Å². The third kappa shape index (κ3) is 6.14. The lowest BCUT2D eigenvalue weighted by molar-refractivity contribution is 0.291. The van der Waals surface area contributed by atoms with E-state index in [-0.39, 0.29) is 11.8 Å². The van der Waals surface area contributed by atoms with Gasteiger partial charge in [-0.1, -0.05) is 60.7 Å². The average Bonchev–Trinajstić information content (AvgIpc) is 2.52. The van der Waals surface area contributed by atoms with Gasteiger partial charge >= 0.3 is 0 Å². The first-order chi connectivity index (χ1) is 11.0. The Bertz CT molecular complexity index is 685. The zero-order valence-corrected chi connectivity index (χ0v) is 14.5. The van der Waals surface area contributed by atoms with Crippen molar-refractivity contribution in [1.82, 2.24) is 9.62 Å². The number of sulfonamides is 1. The van der Waals surface area contributed by atoms with Crippen LogP contribution in [0.25, 0.3) is 0 Å². The standard InChI is InChI=1S/C18H24N2O2S/c1-20(2)18(13-16-9-5-3-6-10-16)14-19-23(21,22)15-17-11-7-4-8-12-17/h3-12,18-19H,13-15H2,1-2H3. The SMILES string of the molecule is CN(C)C(CNS(=O)(=O)Cc1ccccc1)Cc1ccccc1. The number of rotatable bonds is 8. The maximum absolute atomic E-state index is 12.2. The van der Waals surface area contributed by atoms with E-state index in [2.05, 4.69) is 21.8 Å². The minimum atomic E-state index is -3.33. The smallest absolute Gasteiger partial charge is 0.215 e. The molecule has 5 heteroatoms. The maximum atomic E-state index is 12.2. The van der Waals surface area contributed by atoms with Gasteiger partial charge in [0.15, 0.2) is 0 Å². The molecule has 1 N–H and O–H groups in total. The monoisotopic (exact) mass is 332 g/mol. The van der Waals surface area contributed by atoms with Crippen LogP contribution in [0.5, 0.6) is 0 Å². The van der Waals surface area contributed by atoms with Crippen LogP contribution in [-0.2, 0) is 22.2 Å². The first kappa shape index (κ1) is 17.7. The molecule has 124 valence electrons. The summed E-state index contributed by atoms with van der Waals surface area (Å²) in [6.45, 7) is 0.400. The van der Waals surface area contributed by atoms with Crippen LogP contribution in [0, 0.1) is 0 Å². The molecule has 0 amide bonds. The summed E-state index contributed by atoms with van der Waals surface area (Å²) in [4.78, 5) is 2.05. The van der Waals surface area contributed by atoms with Crippen LogP contribution < -0.4 is 4.72 Å². The number of nitrogens with zero attached hydrogens (tertiary/aromatic N) is 1. The number of likely N-dealkylation sites (N-methyl/N-ethyl adjacent to an activating group) is 1. The maximum Gasteiger partial charge on any atom is 0.215 e. The molecular weight excluding hydrogens is 308 g/mol. The molecule has 0 spiro atoms. The summed E-state index contributed by atoms with van der Waals surface area (Å²) in [6.07, 6.45) is 0.807. The van der Waals surface area contributed by atoms with E-state index < -0.39 is 10.0 Å². The zero-order valence-electron chi connectivity index (χ0n) is 13.6. The molecule has 0 saturated heterocycles. The number of nitrogens with one attached hydrogen (secondary N) is 1. The van der Waals surface area contributed by atoms with Gasteiger partial charge in [0.05, 0.1) is 5.75 Å². The molecule has 0 aliphatic rings. The van der Waals surface area contributed by atoms with Crippen LogP contribution in [0.4, 0.5) is 0 Å². The molecule has 2 aromatic rings. The lowest BCUT2D eigenvalue weighted by atomic mass is 10.1. The number of hydrogen-bond donors (Lipinski definition) is 1. The lowest BCUT2D eigenvalue weighted by Gasteiger charge is -2.24. The molecule has 2 aromatic carbocycles. The predicted molar refractivity (Wildman–Crippen MR) is 94.7 cm³/mol. The van der Waals surface area contributed by atoms with Crippen molar-refractivity contribution < 1.29 is 8.42 Å². The number of benzene rings is 2. The molecule has 0 aliphatic heterocycles. The lowest BCUT2D eigenvalue weighted by Crippen LogP contribution is -2.41. The second-order valence-electron chi connectivity index (χ2n) is 5.90. The second-order valence-corrected chi connectivity index (χ2v) is 7.71. The Morgan fingerprint density at radius 3 is 1.96 bits per heavy atom. The van der Waals surface area contributed by atoms with Gasteiger partial charge in [-0.3, -0.25) is 0 Å². The van der Waals surface area contributed by atoms with E-state index in [1.165, 1.54) is 5.56 Å². The Hall–Kier alpha value is -1.69. The van der Waals surface area contributed by atoms with Crippen molar-refractivity contribution in [2.45, 2.75) is 18.2 Å². The molecule has 0 bridgehead atoms. The molecule has 23 heavy (non-hydrogen) atoms. The van der Waals surface area contributed by atoms with Crippen molar-refractivity contribution in [1.29, 1.82) is 0 Å². The van der Waals surface area contributed by atoms with E-state index in [9.17, 15) is 8.42 Å². The van der Waals surface area contributed by atoms with Crippen molar-refractivity contribution in [2.24, 2.45) is 0 Å². The van der Waals surface area contributed by atoms with Crippen molar-refractivity contribution in [3.05, 3.63) is 71.8 Å². The highest BCUT2D eigenvalue weighted by Gasteiger charge is 2.17. The predicted octanol–water partition coefficient (Wildman–Crippen LogP) is 2.28. The first-order valence-electron chi connectivity index (χ1n) is 7.68. The third-order valence-electron chi connectivity index (χ3n) is 3.78. The van der Waals surface area contributed by atoms with Gasteiger partial charge < -0.3 is 4.90 Å². The van der Waals surface area contributed by atoms with Crippen LogP contribution in [0.3, 0.4) is 0 Å². The Labute approximate surface area is 139 Å². The fourth-order valence-electron chi connectivity index (χ4n) is 2.39. The summed E-state index contributed by atoms with van der Waals surface area (Å²) >= 11 is 0. The fourth-order valence-corrected chi connectivity index (χ4v) is 3.57. The molecule has 4 nitrogen and oxygen atoms in total. The Morgan fingerprint density at radius 1 is 0.913 bits per heavy atom. The van der Waals surface area contributed by atoms with Crippen LogP contribution in [0.1, 0.15) is 11.1 Å². The Balaban J connectivity index is 1.95. The first-order valence-corrected chi connectivity index (χ1v) is 9.33. The Kier molecular flexibility index (Phi) is 6.33. The van der Waals surface area contributed by atoms with Gasteiger partial charge in [-0.15, -0.1) is 0 Å². The summed E-state index contributed by atoms with van der Waals surface area (Å²) in [7, 11) is 0.610. The van der Waals surface area contributed by atoms with Gasteiger partial charge in [-0.2, -0.15) is 0 Å². The average molecular weight is 332 g/mol. The minimum Gasteiger partial charge on any atom is -0.305 e. The molecule has 0 aromatic heterocycles. The molecule has 0 saturated carbocycles. The third-order valence-corrected chi connectivity index (χ3v) is 5.10. The molecule has 1 unspecified atom stereocenters. The fraction of sp³-hybridized carbons (Fsp3) is 0.333. The van der Waals surface area contributed by atoms with E-state index in [1.54, 1.807) is 0 Å². The largest absolute Gasteiger partial charge is 0.305 e. The highest BCUT2D eigenvalue weighted by molar-refractivity contribution is 7.88. The normalized spacial score (nSPS) is 13.2. The second kappa shape index (κ2) is 8.24. The minimum absolute atomic E-state index is 0.0132. The van der Waals surface area contributed by atoms with Crippen LogP contribution in [-0.4, -0.2) is 40.0 Å². The van der Waals surface area contributed by atoms with Gasteiger partial charge in [0.2, 0.25) is 10.0 Å². The summed E-state index contributed by atoms with van der Waals surface area (Å²) in [6, 6.07) is 19.5. The summed E-state index contributed by atoms with van der Waals surface area (Å²) in [5.41, 5.74) is 2.00. The molecule has 2 rings (SSSR count). The summed E-state index contributed by atoms with van der Waals surface area (Å²) in [5, 5.41) is 0. The Morgan fingerprint density at radius 2 is 1.43 bits per heavy atom. The van der Waals surface area contributed by atoms with Crippen molar-refractivity contribution in [3.63, 3.8) is 0 Å². The summed E-state index contributed by atoms with van der Waals surface area (Å²) < 4.78 is 27.2. The quantitative estimate of drug-likeness (QED) is 0.807. The van der Waals surface area contributed by atoms with Gasteiger partial charge in [0, 0.05) is 12.6 Å². The van der Waals surface area contributed by atoms with E-state index in [0.29, 0.717) is 6.54 Å². The van der Waals surface area contributed by atoms with Crippen molar-refractivity contribution >= 4 is 10.0 Å². The highest BCUT2D eigenvalue weighted by atomic mass is 32.2. The van der Waals surface area contributed by atoms with Gasteiger partial charge in [-0.05, 0) is 31.6 Å². The molecule has 0 radical (unpaired) electrons. The molecule has 0 heterocycles. The molecule has 0 fully saturated rings. The zero-order chi connectivity index (χ0) is 16.7. The van der Waals surface area contributed by atoms with E-state index in [0.717, 1.165) is 12.0 Å². The van der Waals surface area contributed by atoms with Crippen molar-refractivity contribution in [2.75, 3.05) is 20.6 Å². The highest BCUT2D eigenvalue weighted by Crippen LogP contribution is 2.08. The van der Waals surface area contributed by atoms with Gasteiger partial charge in [0.25, 0.3) is 0 Å². The van der Waals surface area contributed by atoms with Crippen LogP contribution >= 0.6 is 0 Å². The molecule has 0 aliphatic carbocycles. The van der Waals surface area contributed by atoms with Crippen LogP contribution in [0.15, 0.2) is 60.7 Å². The van der Waals surface area contributed by atoms with Crippen molar-refractivity contribution in [3.8, 4) is 0 Å². The summed E-state index contributed by atoms with van der Waals surface area (Å²) in [5.74, 6) is 0.0132. The van der Waals surface area contributed by atoms with E-state index in [4.69, 9.17) is 0 Å². The topological polar surface area (TPSA) is 49.4 Å². The van der Waals surface area contributed by atoms with Gasteiger partial charge in [-0.25, -0.2) is 13.1 Å². The number of hydrogen-bond acceptors (Lipinski definition) is 3. The molecular formula is C18H24N2O2S. The van der Waals surface area contributed by atoms with E-state index >= 15 is 0 Å². The van der Waals surface area contributed by atoms with E-state index in [1.807, 2.05) is 62.6 Å². The van der Waals surface area contributed by atoms with Gasteiger partial charge in [0.1, 0.15) is 0 Å².